The maximum Gasteiger partial charge on any atom is 0.254 e. The maximum atomic E-state index is 13.7. The van der Waals surface area contributed by atoms with Gasteiger partial charge in [-0.05, 0) is 49.6 Å². The number of aromatic nitrogens is 1. The zero-order valence-corrected chi connectivity index (χ0v) is 15.7. The lowest BCUT2D eigenvalue weighted by molar-refractivity contribution is 0.0921. The van der Waals surface area contributed by atoms with Crippen LogP contribution in [0, 0.1) is 17.1 Å². The molecule has 3 aromatic rings. The minimum Gasteiger partial charge on any atom is -0.497 e. The van der Waals surface area contributed by atoms with E-state index in [2.05, 4.69) is 16.4 Å². The molecule has 6 heteroatoms. The van der Waals surface area contributed by atoms with E-state index in [1.54, 1.807) is 32.2 Å². The molecular formula is C22H20FN3O2. The topological polar surface area (TPSA) is 75.0 Å². The highest BCUT2D eigenvalue weighted by Crippen LogP contribution is 2.19. The molecule has 3 rings (SSSR count). The van der Waals surface area contributed by atoms with E-state index in [1.807, 2.05) is 24.3 Å². The number of benzene rings is 2. The lowest BCUT2D eigenvalue weighted by atomic mass is 9.94. The number of nitrogens with zero attached hydrogens (tertiary/aromatic N) is 2. The van der Waals surface area contributed by atoms with Crippen molar-refractivity contribution in [3.05, 3.63) is 71.7 Å². The summed E-state index contributed by atoms with van der Waals surface area (Å²) in [5, 5.41) is 12.9. The number of fused-ring (bicyclic) bond motifs is 1. The smallest absolute Gasteiger partial charge is 0.254 e. The molecule has 0 radical (unpaired) electrons. The molecule has 0 aliphatic heterocycles. The Balaban J connectivity index is 1.71. The van der Waals surface area contributed by atoms with Crippen LogP contribution >= 0.6 is 0 Å². The summed E-state index contributed by atoms with van der Waals surface area (Å²) in [5.74, 6) is -0.0939. The number of rotatable bonds is 6. The SMILES string of the molecule is COc1ccc(CCC(C)(C#N)NC(=O)c2cnc3c(F)cccc3c2)cc1. The number of carbonyl (C=O) groups excluding carboxylic acids is 1. The average Bonchev–Trinajstić information content (AvgIpc) is 2.72. The van der Waals surface area contributed by atoms with E-state index < -0.39 is 17.3 Å². The van der Waals surface area contributed by atoms with E-state index in [1.165, 1.54) is 12.3 Å². The van der Waals surface area contributed by atoms with Crippen molar-refractivity contribution in [3.8, 4) is 11.8 Å². The van der Waals surface area contributed by atoms with Gasteiger partial charge >= 0.3 is 0 Å². The molecule has 1 amide bonds. The van der Waals surface area contributed by atoms with Gasteiger partial charge in [0.05, 0.1) is 18.7 Å². The summed E-state index contributed by atoms with van der Waals surface area (Å²) in [7, 11) is 1.60. The van der Waals surface area contributed by atoms with Gasteiger partial charge in [0.25, 0.3) is 5.91 Å². The Labute approximate surface area is 162 Å². The number of amides is 1. The summed E-state index contributed by atoms with van der Waals surface area (Å²) in [5.41, 5.74) is 0.485. The number of halogens is 1. The number of nitrogens with one attached hydrogen (secondary N) is 1. The summed E-state index contributed by atoms with van der Waals surface area (Å²) in [6.45, 7) is 1.68. The van der Waals surface area contributed by atoms with Crippen LogP contribution < -0.4 is 10.1 Å². The molecule has 1 atom stereocenters. The second-order valence-corrected chi connectivity index (χ2v) is 6.78. The van der Waals surface area contributed by atoms with Crippen molar-refractivity contribution in [2.45, 2.75) is 25.3 Å². The van der Waals surface area contributed by atoms with Crippen LogP contribution in [0.2, 0.25) is 0 Å². The van der Waals surface area contributed by atoms with Gasteiger partial charge in [-0.2, -0.15) is 5.26 Å². The number of nitriles is 1. The number of pyridine rings is 1. The molecule has 0 aliphatic carbocycles. The molecule has 1 unspecified atom stereocenters. The monoisotopic (exact) mass is 377 g/mol. The zero-order chi connectivity index (χ0) is 20.1. The summed E-state index contributed by atoms with van der Waals surface area (Å²) >= 11 is 0. The van der Waals surface area contributed by atoms with Crippen LogP contribution in [-0.4, -0.2) is 23.5 Å². The van der Waals surface area contributed by atoms with Crippen molar-refractivity contribution in [1.82, 2.24) is 10.3 Å². The highest BCUT2D eigenvalue weighted by Gasteiger charge is 2.26. The first-order valence-electron chi connectivity index (χ1n) is 8.85. The quantitative estimate of drug-likeness (QED) is 0.704. The van der Waals surface area contributed by atoms with Crippen molar-refractivity contribution in [2.24, 2.45) is 0 Å². The maximum absolute atomic E-state index is 13.7. The van der Waals surface area contributed by atoms with E-state index >= 15 is 0 Å². The van der Waals surface area contributed by atoms with Gasteiger partial charge in [-0.25, -0.2) is 4.39 Å². The number of ether oxygens (including phenoxy) is 1. The molecule has 142 valence electrons. The highest BCUT2D eigenvalue weighted by atomic mass is 19.1. The second-order valence-electron chi connectivity index (χ2n) is 6.78. The molecule has 5 nitrogen and oxygen atoms in total. The summed E-state index contributed by atoms with van der Waals surface area (Å²) < 4.78 is 18.9. The lowest BCUT2D eigenvalue weighted by Gasteiger charge is -2.23. The Morgan fingerprint density at radius 3 is 2.71 bits per heavy atom. The Bertz CT molecular complexity index is 1040. The fourth-order valence-electron chi connectivity index (χ4n) is 2.90. The average molecular weight is 377 g/mol. The van der Waals surface area contributed by atoms with E-state index in [4.69, 9.17) is 4.74 Å². The van der Waals surface area contributed by atoms with Crippen LogP contribution in [0.3, 0.4) is 0 Å². The third-order valence-corrected chi connectivity index (χ3v) is 4.63. The predicted molar refractivity (Wildman–Crippen MR) is 105 cm³/mol. The van der Waals surface area contributed by atoms with E-state index in [0.717, 1.165) is 11.3 Å². The number of para-hydroxylation sites is 1. The Kier molecular flexibility index (Phi) is 5.55. The molecule has 1 heterocycles. The van der Waals surface area contributed by atoms with Crippen molar-refractivity contribution < 1.29 is 13.9 Å². The first-order chi connectivity index (χ1) is 13.4. The van der Waals surface area contributed by atoms with Crippen LogP contribution in [0.25, 0.3) is 10.9 Å². The van der Waals surface area contributed by atoms with E-state index in [9.17, 15) is 14.4 Å². The van der Waals surface area contributed by atoms with Crippen LogP contribution in [0.5, 0.6) is 5.75 Å². The summed E-state index contributed by atoms with van der Waals surface area (Å²) in [6.07, 6.45) is 2.38. The number of hydrogen-bond donors (Lipinski definition) is 1. The third-order valence-electron chi connectivity index (χ3n) is 4.63. The van der Waals surface area contributed by atoms with Crippen molar-refractivity contribution in [2.75, 3.05) is 7.11 Å². The van der Waals surface area contributed by atoms with Gasteiger partial charge in [0.2, 0.25) is 0 Å². The van der Waals surface area contributed by atoms with Crippen LogP contribution in [0.4, 0.5) is 4.39 Å². The highest BCUT2D eigenvalue weighted by molar-refractivity contribution is 5.97. The lowest BCUT2D eigenvalue weighted by Crippen LogP contribution is -2.45. The van der Waals surface area contributed by atoms with Gasteiger partial charge in [-0.1, -0.05) is 24.3 Å². The van der Waals surface area contributed by atoms with Crippen molar-refractivity contribution in [3.63, 3.8) is 0 Å². The van der Waals surface area contributed by atoms with Gasteiger partial charge in [0, 0.05) is 11.6 Å². The minimum absolute atomic E-state index is 0.210. The Morgan fingerprint density at radius 2 is 2.04 bits per heavy atom. The van der Waals surface area contributed by atoms with Gasteiger partial charge < -0.3 is 10.1 Å². The summed E-state index contributed by atoms with van der Waals surface area (Å²) in [4.78, 5) is 16.7. The van der Waals surface area contributed by atoms with Crippen LogP contribution in [0.1, 0.15) is 29.3 Å². The first kappa shape index (κ1) is 19.3. The molecule has 1 N–H and O–H groups in total. The molecule has 0 spiro atoms. The van der Waals surface area contributed by atoms with Gasteiger partial charge in [-0.15, -0.1) is 0 Å². The fraction of sp³-hybridized carbons (Fsp3) is 0.227. The van der Waals surface area contributed by atoms with Crippen molar-refractivity contribution >= 4 is 16.8 Å². The van der Waals surface area contributed by atoms with Crippen molar-refractivity contribution in [1.29, 1.82) is 5.26 Å². The summed E-state index contributed by atoms with van der Waals surface area (Å²) in [6, 6.07) is 15.9. The largest absolute Gasteiger partial charge is 0.497 e. The molecule has 0 fully saturated rings. The normalized spacial score (nSPS) is 12.8. The standard InChI is InChI=1S/C22H20FN3O2/c1-22(14-24,11-10-15-6-8-18(28-2)9-7-15)26-21(27)17-12-16-4-3-5-19(23)20(16)25-13-17/h3-9,12-13H,10-11H2,1-2H3,(H,26,27). The number of carbonyl (C=O) groups is 1. The number of methoxy groups -OCH3 is 1. The fourth-order valence-corrected chi connectivity index (χ4v) is 2.90. The molecule has 0 bridgehead atoms. The number of hydrogen-bond acceptors (Lipinski definition) is 4. The minimum atomic E-state index is -1.05. The molecule has 1 aromatic heterocycles. The zero-order valence-electron chi connectivity index (χ0n) is 15.7. The molecule has 0 saturated carbocycles. The Morgan fingerprint density at radius 1 is 1.29 bits per heavy atom. The third kappa shape index (κ3) is 4.26. The molecule has 28 heavy (non-hydrogen) atoms. The Hall–Kier alpha value is -3.46. The molecule has 0 saturated heterocycles. The van der Waals surface area contributed by atoms with E-state index in [0.29, 0.717) is 18.2 Å². The number of aryl methyl sites for hydroxylation is 1. The van der Waals surface area contributed by atoms with Crippen LogP contribution in [0.15, 0.2) is 54.7 Å². The van der Waals surface area contributed by atoms with Crippen LogP contribution in [-0.2, 0) is 6.42 Å². The molecule has 0 aliphatic rings. The molecular weight excluding hydrogens is 357 g/mol. The van der Waals surface area contributed by atoms with Gasteiger partial charge in [0.1, 0.15) is 22.6 Å². The first-order valence-corrected chi connectivity index (χ1v) is 8.85. The van der Waals surface area contributed by atoms with Gasteiger partial charge in [0.15, 0.2) is 0 Å². The molecule has 2 aromatic carbocycles. The van der Waals surface area contributed by atoms with Gasteiger partial charge in [-0.3, -0.25) is 9.78 Å². The predicted octanol–water partition coefficient (Wildman–Crippen LogP) is 4.03. The second kappa shape index (κ2) is 8.05. The van der Waals surface area contributed by atoms with E-state index in [-0.39, 0.29) is 11.1 Å².